The molecule has 0 radical (unpaired) electrons. The molecule has 0 saturated carbocycles. The molecule has 1 saturated heterocycles. The van der Waals surface area contributed by atoms with E-state index in [1.807, 2.05) is 0 Å². The van der Waals surface area contributed by atoms with E-state index in [2.05, 4.69) is 0 Å². The summed E-state index contributed by atoms with van der Waals surface area (Å²) in [6.45, 7) is 3.06. The first-order chi connectivity index (χ1) is 6.49. The fraction of sp³-hybridized carbons (Fsp3) is 0.889. The van der Waals surface area contributed by atoms with Crippen molar-refractivity contribution >= 4 is 5.78 Å². The number of rotatable bonds is 2. The van der Waals surface area contributed by atoms with E-state index < -0.39 is 30.5 Å². The summed E-state index contributed by atoms with van der Waals surface area (Å²) in [6, 6.07) is 0. The third-order valence-electron chi connectivity index (χ3n) is 2.52. The Hall–Kier alpha value is -0.490. The lowest BCUT2D eigenvalue weighted by Crippen LogP contribution is -2.59. The van der Waals surface area contributed by atoms with Gasteiger partial charge in [-0.05, 0) is 13.3 Å². The first-order valence-corrected chi connectivity index (χ1v) is 4.69. The van der Waals surface area contributed by atoms with Gasteiger partial charge in [0.05, 0.1) is 6.10 Å². The molecular weight excluding hydrogens is 188 g/mol. The smallest absolute Gasteiger partial charge is 0.161 e. The van der Waals surface area contributed by atoms with Gasteiger partial charge >= 0.3 is 0 Å². The molecule has 0 aromatic heterocycles. The second-order valence-electron chi connectivity index (χ2n) is 3.59. The fourth-order valence-electron chi connectivity index (χ4n) is 1.62. The molecule has 0 aliphatic carbocycles. The van der Waals surface area contributed by atoms with Crippen LogP contribution in [-0.2, 0) is 9.53 Å². The van der Waals surface area contributed by atoms with Gasteiger partial charge in [0.25, 0.3) is 0 Å². The minimum Gasteiger partial charge on any atom is -0.388 e. The molecular formula is C9H16O5. The van der Waals surface area contributed by atoms with E-state index in [4.69, 9.17) is 4.74 Å². The second-order valence-corrected chi connectivity index (χ2v) is 3.59. The maximum absolute atomic E-state index is 11.0. The van der Waals surface area contributed by atoms with Crippen LogP contribution in [-0.4, -0.2) is 51.6 Å². The molecule has 0 bridgehead atoms. The third-order valence-corrected chi connectivity index (χ3v) is 2.52. The van der Waals surface area contributed by atoms with E-state index in [9.17, 15) is 20.1 Å². The highest BCUT2D eigenvalue weighted by atomic mass is 16.5. The highest BCUT2D eigenvalue weighted by Crippen LogP contribution is 2.23. The Morgan fingerprint density at radius 2 is 1.79 bits per heavy atom. The van der Waals surface area contributed by atoms with Crippen molar-refractivity contribution in [3.63, 3.8) is 0 Å². The quantitative estimate of drug-likeness (QED) is 0.528. The summed E-state index contributed by atoms with van der Waals surface area (Å²) < 4.78 is 5.18. The molecule has 3 unspecified atom stereocenters. The predicted octanol–water partition coefficient (Wildman–Crippen LogP) is -1.16. The lowest BCUT2D eigenvalue weighted by molar-refractivity contribution is -0.219. The first kappa shape index (κ1) is 11.6. The number of aliphatic hydroxyl groups excluding tert-OH is 3. The molecule has 0 aromatic rings. The predicted molar refractivity (Wildman–Crippen MR) is 47.7 cm³/mol. The average Bonchev–Trinajstić information content (AvgIpc) is 2.14. The van der Waals surface area contributed by atoms with Crippen molar-refractivity contribution in [3.05, 3.63) is 0 Å². The van der Waals surface area contributed by atoms with Crippen molar-refractivity contribution in [2.45, 2.75) is 50.8 Å². The van der Waals surface area contributed by atoms with Gasteiger partial charge in [-0.1, -0.05) is 6.92 Å². The molecule has 3 N–H and O–H groups in total. The molecule has 5 heteroatoms. The normalized spacial score (nSPS) is 43.6. The van der Waals surface area contributed by atoms with Gasteiger partial charge in [0.1, 0.15) is 24.4 Å². The molecule has 1 heterocycles. The van der Waals surface area contributed by atoms with E-state index in [1.165, 1.54) is 6.92 Å². The van der Waals surface area contributed by atoms with E-state index in [-0.39, 0.29) is 5.78 Å². The van der Waals surface area contributed by atoms with Crippen molar-refractivity contribution in [1.29, 1.82) is 0 Å². The zero-order valence-corrected chi connectivity index (χ0v) is 8.25. The van der Waals surface area contributed by atoms with Gasteiger partial charge in [-0.25, -0.2) is 0 Å². The summed E-state index contributed by atoms with van der Waals surface area (Å²) >= 11 is 0. The molecule has 82 valence electrons. The van der Waals surface area contributed by atoms with E-state index >= 15 is 0 Å². The molecule has 0 amide bonds. The Kier molecular flexibility index (Phi) is 3.60. The Balaban J connectivity index is 2.78. The van der Waals surface area contributed by atoms with Crippen LogP contribution < -0.4 is 0 Å². The van der Waals surface area contributed by atoms with Crippen LogP contribution in [0.25, 0.3) is 0 Å². The van der Waals surface area contributed by atoms with Gasteiger partial charge in [-0.2, -0.15) is 0 Å². The van der Waals surface area contributed by atoms with Crippen LogP contribution in [0.4, 0.5) is 0 Å². The van der Waals surface area contributed by atoms with Crippen molar-refractivity contribution in [2.75, 3.05) is 0 Å². The van der Waals surface area contributed by atoms with Crippen LogP contribution in [0, 0.1) is 0 Å². The number of hydrogen-bond donors (Lipinski definition) is 3. The number of aliphatic hydroxyl groups is 3. The molecule has 5 atom stereocenters. The van der Waals surface area contributed by atoms with Gasteiger partial charge in [0.15, 0.2) is 5.78 Å². The Bertz CT molecular complexity index is 215. The number of Topliss-reactive ketones (excluding diaryl/α,β-unsaturated/α-hetero) is 1. The van der Waals surface area contributed by atoms with E-state index in [1.54, 1.807) is 6.92 Å². The minimum atomic E-state index is -1.34. The Labute approximate surface area is 82.3 Å². The number of ketones is 1. The summed E-state index contributed by atoms with van der Waals surface area (Å²) in [5.74, 6) is -0.345. The van der Waals surface area contributed by atoms with Gasteiger partial charge in [0.2, 0.25) is 0 Å². The van der Waals surface area contributed by atoms with Crippen LogP contribution in [0.3, 0.4) is 0 Å². The summed E-state index contributed by atoms with van der Waals surface area (Å²) in [6.07, 6.45) is -4.94. The molecule has 1 aliphatic rings. The molecule has 1 rings (SSSR count). The summed E-state index contributed by atoms with van der Waals surface area (Å²) in [7, 11) is 0. The lowest BCUT2D eigenvalue weighted by atomic mass is 9.92. The fourth-order valence-corrected chi connectivity index (χ4v) is 1.62. The van der Waals surface area contributed by atoms with Crippen LogP contribution >= 0.6 is 0 Å². The molecule has 0 spiro atoms. The Morgan fingerprint density at radius 1 is 1.21 bits per heavy atom. The van der Waals surface area contributed by atoms with Crippen molar-refractivity contribution in [2.24, 2.45) is 0 Å². The van der Waals surface area contributed by atoms with Crippen LogP contribution in [0.5, 0.6) is 0 Å². The molecule has 14 heavy (non-hydrogen) atoms. The first-order valence-electron chi connectivity index (χ1n) is 4.69. The zero-order valence-electron chi connectivity index (χ0n) is 8.25. The van der Waals surface area contributed by atoms with Gasteiger partial charge in [-0.15, -0.1) is 0 Å². The van der Waals surface area contributed by atoms with Crippen molar-refractivity contribution in [3.8, 4) is 0 Å². The van der Waals surface area contributed by atoms with E-state index in [0.717, 1.165) is 0 Å². The standard InChI is InChI=1S/C9H16O5/c1-3-5-6(11)7(12)8(13)9(14-5)4(2)10/h5-9,11-13H,3H2,1-2H3/t5-,6?,7?,8+,9?/m0/s1. The zero-order chi connectivity index (χ0) is 10.9. The highest BCUT2D eigenvalue weighted by molar-refractivity contribution is 5.81. The summed E-state index contributed by atoms with van der Waals surface area (Å²) in [4.78, 5) is 11.0. The maximum Gasteiger partial charge on any atom is 0.161 e. The average molecular weight is 204 g/mol. The number of carbonyl (C=O) groups is 1. The van der Waals surface area contributed by atoms with Gasteiger partial charge in [0, 0.05) is 0 Å². The highest BCUT2D eigenvalue weighted by Gasteiger charge is 2.44. The molecule has 0 aromatic carbocycles. The summed E-state index contributed by atoms with van der Waals surface area (Å²) in [5, 5.41) is 28.3. The monoisotopic (exact) mass is 204 g/mol. The molecule has 1 aliphatic heterocycles. The second kappa shape index (κ2) is 4.35. The molecule has 5 nitrogen and oxygen atoms in total. The number of carbonyl (C=O) groups excluding carboxylic acids is 1. The maximum atomic E-state index is 11.0. The van der Waals surface area contributed by atoms with Gasteiger partial charge < -0.3 is 20.1 Å². The number of hydrogen-bond acceptors (Lipinski definition) is 5. The largest absolute Gasteiger partial charge is 0.388 e. The third kappa shape index (κ3) is 1.95. The lowest BCUT2D eigenvalue weighted by Gasteiger charge is -2.39. The summed E-state index contributed by atoms with van der Waals surface area (Å²) in [5.41, 5.74) is 0. The SMILES string of the molecule is CC[C@@H]1OC(C(C)=O)[C@H](O)C(O)C1O. The van der Waals surface area contributed by atoms with Crippen LogP contribution in [0.15, 0.2) is 0 Å². The van der Waals surface area contributed by atoms with Crippen molar-refractivity contribution in [1.82, 2.24) is 0 Å². The van der Waals surface area contributed by atoms with Crippen LogP contribution in [0.2, 0.25) is 0 Å². The number of ether oxygens (including phenoxy) is 1. The van der Waals surface area contributed by atoms with E-state index in [0.29, 0.717) is 6.42 Å². The topological polar surface area (TPSA) is 87.0 Å². The van der Waals surface area contributed by atoms with Crippen molar-refractivity contribution < 1.29 is 24.9 Å². The minimum absolute atomic E-state index is 0.345. The Morgan fingerprint density at radius 3 is 2.21 bits per heavy atom. The van der Waals surface area contributed by atoms with Crippen LogP contribution in [0.1, 0.15) is 20.3 Å². The van der Waals surface area contributed by atoms with Gasteiger partial charge in [-0.3, -0.25) is 4.79 Å². The molecule has 1 fully saturated rings.